The standard InChI is InChI=1S/C20H27N3O2/c1-23(2)18-12-10-16(11-13-18)7-6-14-21-20(25)22-19(15-24)17-8-4-3-5-9-17/h3-5,8-13,19,24H,6-7,14-15H2,1-2H3,(H2,21,22,25). The van der Waals surface area contributed by atoms with Gasteiger partial charge in [-0.2, -0.15) is 0 Å². The van der Waals surface area contributed by atoms with Crippen molar-refractivity contribution < 1.29 is 9.90 Å². The molecule has 2 amide bonds. The van der Waals surface area contributed by atoms with Crippen LogP contribution in [0.5, 0.6) is 0 Å². The highest BCUT2D eigenvalue weighted by Gasteiger charge is 2.12. The normalized spacial score (nSPS) is 11.6. The highest BCUT2D eigenvalue weighted by molar-refractivity contribution is 5.74. The third kappa shape index (κ3) is 6.12. The van der Waals surface area contributed by atoms with Crippen molar-refractivity contribution in [2.45, 2.75) is 18.9 Å². The topological polar surface area (TPSA) is 64.6 Å². The van der Waals surface area contributed by atoms with Gasteiger partial charge in [0.15, 0.2) is 0 Å². The third-order valence-corrected chi connectivity index (χ3v) is 4.07. The maximum atomic E-state index is 12.0. The molecule has 0 bridgehead atoms. The molecule has 0 aliphatic rings. The van der Waals surface area contributed by atoms with Crippen LogP contribution in [0, 0.1) is 0 Å². The Morgan fingerprint density at radius 3 is 2.36 bits per heavy atom. The fraction of sp³-hybridized carbons (Fsp3) is 0.350. The van der Waals surface area contributed by atoms with Crippen molar-refractivity contribution in [1.82, 2.24) is 10.6 Å². The van der Waals surface area contributed by atoms with Gasteiger partial charge >= 0.3 is 6.03 Å². The zero-order valence-corrected chi connectivity index (χ0v) is 14.9. The molecular formula is C20H27N3O2. The van der Waals surface area contributed by atoms with E-state index in [1.54, 1.807) is 0 Å². The van der Waals surface area contributed by atoms with E-state index in [1.807, 2.05) is 44.4 Å². The Labute approximate surface area is 149 Å². The van der Waals surface area contributed by atoms with E-state index in [2.05, 4.69) is 39.8 Å². The lowest BCUT2D eigenvalue weighted by Gasteiger charge is -2.17. The summed E-state index contributed by atoms with van der Waals surface area (Å²) in [6.07, 6.45) is 1.78. The van der Waals surface area contributed by atoms with E-state index >= 15 is 0 Å². The van der Waals surface area contributed by atoms with Crippen LogP contribution in [0.4, 0.5) is 10.5 Å². The summed E-state index contributed by atoms with van der Waals surface area (Å²) in [6.45, 7) is 0.462. The second-order valence-electron chi connectivity index (χ2n) is 6.21. The molecule has 5 heteroatoms. The van der Waals surface area contributed by atoms with E-state index < -0.39 is 0 Å². The molecule has 1 atom stereocenters. The van der Waals surface area contributed by atoms with Gasteiger partial charge < -0.3 is 20.6 Å². The SMILES string of the molecule is CN(C)c1ccc(CCCNC(=O)NC(CO)c2ccccc2)cc1. The van der Waals surface area contributed by atoms with Crippen molar-refractivity contribution >= 4 is 11.7 Å². The third-order valence-electron chi connectivity index (χ3n) is 4.07. The van der Waals surface area contributed by atoms with Gasteiger partial charge in [-0.3, -0.25) is 0 Å². The molecule has 2 aromatic rings. The van der Waals surface area contributed by atoms with E-state index in [-0.39, 0.29) is 18.7 Å². The molecule has 0 radical (unpaired) electrons. The monoisotopic (exact) mass is 341 g/mol. The minimum atomic E-state index is -0.389. The van der Waals surface area contributed by atoms with Crippen LogP contribution in [0.15, 0.2) is 54.6 Å². The van der Waals surface area contributed by atoms with Gasteiger partial charge in [-0.15, -0.1) is 0 Å². The number of anilines is 1. The summed E-state index contributed by atoms with van der Waals surface area (Å²) >= 11 is 0. The largest absolute Gasteiger partial charge is 0.394 e. The van der Waals surface area contributed by atoms with E-state index in [1.165, 1.54) is 11.3 Å². The number of amides is 2. The molecular weight excluding hydrogens is 314 g/mol. The quantitative estimate of drug-likeness (QED) is 0.647. The van der Waals surface area contributed by atoms with E-state index in [4.69, 9.17) is 0 Å². The van der Waals surface area contributed by atoms with Crippen molar-refractivity contribution in [2.24, 2.45) is 0 Å². The number of urea groups is 1. The van der Waals surface area contributed by atoms with Crippen molar-refractivity contribution in [3.05, 3.63) is 65.7 Å². The molecule has 1 unspecified atom stereocenters. The van der Waals surface area contributed by atoms with Gasteiger partial charge in [-0.1, -0.05) is 42.5 Å². The summed E-state index contributed by atoms with van der Waals surface area (Å²) in [6, 6.07) is 17.2. The Bertz CT molecular complexity index is 642. The Hall–Kier alpha value is -2.53. The molecule has 0 aromatic heterocycles. The average molecular weight is 341 g/mol. The molecule has 0 aliphatic heterocycles. The number of nitrogens with zero attached hydrogens (tertiary/aromatic N) is 1. The van der Waals surface area contributed by atoms with Gasteiger partial charge in [0.1, 0.15) is 0 Å². The average Bonchev–Trinajstić information content (AvgIpc) is 2.64. The number of benzene rings is 2. The van der Waals surface area contributed by atoms with Gasteiger partial charge in [0.25, 0.3) is 0 Å². The predicted octanol–water partition coefficient (Wildman–Crippen LogP) is 2.72. The number of carbonyl (C=O) groups is 1. The van der Waals surface area contributed by atoms with Crippen LogP contribution in [-0.2, 0) is 6.42 Å². The highest BCUT2D eigenvalue weighted by atomic mass is 16.3. The number of rotatable bonds is 8. The van der Waals surface area contributed by atoms with Crippen molar-refractivity contribution in [1.29, 1.82) is 0 Å². The van der Waals surface area contributed by atoms with Crippen LogP contribution in [0.1, 0.15) is 23.6 Å². The molecule has 134 valence electrons. The molecule has 2 rings (SSSR count). The van der Waals surface area contributed by atoms with Crippen LogP contribution < -0.4 is 15.5 Å². The zero-order valence-electron chi connectivity index (χ0n) is 14.9. The van der Waals surface area contributed by atoms with Gasteiger partial charge in [0.05, 0.1) is 12.6 Å². The summed E-state index contributed by atoms with van der Waals surface area (Å²) in [5.41, 5.74) is 3.32. The van der Waals surface area contributed by atoms with Gasteiger partial charge in [-0.25, -0.2) is 4.79 Å². The summed E-state index contributed by atoms with van der Waals surface area (Å²) in [4.78, 5) is 14.0. The summed E-state index contributed by atoms with van der Waals surface area (Å²) in [7, 11) is 4.04. The summed E-state index contributed by atoms with van der Waals surface area (Å²) in [5.74, 6) is 0. The number of aliphatic hydroxyl groups excluding tert-OH is 1. The fourth-order valence-corrected chi connectivity index (χ4v) is 2.58. The minimum absolute atomic E-state index is 0.129. The van der Waals surface area contributed by atoms with E-state index in [0.29, 0.717) is 6.54 Å². The zero-order chi connectivity index (χ0) is 18.1. The van der Waals surface area contributed by atoms with Crippen LogP contribution in [0.3, 0.4) is 0 Å². The first kappa shape index (κ1) is 18.8. The van der Waals surface area contributed by atoms with E-state index in [9.17, 15) is 9.90 Å². The van der Waals surface area contributed by atoms with Gasteiger partial charge in [-0.05, 0) is 36.1 Å². The number of aryl methyl sites for hydroxylation is 1. The van der Waals surface area contributed by atoms with Crippen molar-refractivity contribution in [3.8, 4) is 0 Å². The number of nitrogens with one attached hydrogen (secondary N) is 2. The lowest BCUT2D eigenvalue weighted by Crippen LogP contribution is -2.39. The van der Waals surface area contributed by atoms with Gasteiger partial charge in [0, 0.05) is 26.3 Å². The second-order valence-corrected chi connectivity index (χ2v) is 6.21. The first-order chi connectivity index (χ1) is 12.1. The molecule has 0 spiro atoms. The Kier molecular flexibility index (Phi) is 7.29. The molecule has 0 fully saturated rings. The lowest BCUT2D eigenvalue weighted by atomic mass is 10.1. The van der Waals surface area contributed by atoms with Crippen molar-refractivity contribution in [3.63, 3.8) is 0 Å². The van der Waals surface area contributed by atoms with Crippen LogP contribution in [-0.4, -0.2) is 38.4 Å². The van der Waals surface area contributed by atoms with E-state index in [0.717, 1.165) is 18.4 Å². The first-order valence-corrected chi connectivity index (χ1v) is 8.56. The number of carbonyl (C=O) groups excluding carboxylic acids is 1. The van der Waals surface area contributed by atoms with Crippen LogP contribution in [0.25, 0.3) is 0 Å². The number of hydrogen-bond acceptors (Lipinski definition) is 3. The second kappa shape index (κ2) is 9.69. The van der Waals surface area contributed by atoms with Crippen LogP contribution >= 0.6 is 0 Å². The number of aliphatic hydroxyl groups is 1. The molecule has 0 saturated heterocycles. The molecule has 0 saturated carbocycles. The van der Waals surface area contributed by atoms with Crippen molar-refractivity contribution in [2.75, 3.05) is 32.1 Å². The summed E-state index contributed by atoms with van der Waals surface area (Å²) in [5, 5.41) is 15.1. The first-order valence-electron chi connectivity index (χ1n) is 8.56. The number of hydrogen-bond donors (Lipinski definition) is 3. The Morgan fingerprint density at radius 2 is 1.76 bits per heavy atom. The molecule has 25 heavy (non-hydrogen) atoms. The molecule has 0 aliphatic carbocycles. The molecule has 2 aromatic carbocycles. The minimum Gasteiger partial charge on any atom is -0.394 e. The van der Waals surface area contributed by atoms with Crippen LogP contribution in [0.2, 0.25) is 0 Å². The smallest absolute Gasteiger partial charge is 0.315 e. The maximum absolute atomic E-state index is 12.0. The highest BCUT2D eigenvalue weighted by Crippen LogP contribution is 2.13. The molecule has 5 nitrogen and oxygen atoms in total. The van der Waals surface area contributed by atoms with Gasteiger partial charge in [0.2, 0.25) is 0 Å². The fourth-order valence-electron chi connectivity index (χ4n) is 2.58. The summed E-state index contributed by atoms with van der Waals surface area (Å²) < 4.78 is 0. The Morgan fingerprint density at radius 1 is 1.08 bits per heavy atom. The maximum Gasteiger partial charge on any atom is 0.315 e. The lowest BCUT2D eigenvalue weighted by molar-refractivity contribution is 0.217. The molecule has 0 heterocycles. The predicted molar refractivity (Wildman–Crippen MR) is 102 cm³/mol. The Balaban J connectivity index is 1.71. The molecule has 3 N–H and O–H groups in total.